The predicted molar refractivity (Wildman–Crippen MR) is 130 cm³/mol. The van der Waals surface area contributed by atoms with Gasteiger partial charge in [0.25, 0.3) is 0 Å². The van der Waals surface area contributed by atoms with Crippen LogP contribution in [0.15, 0.2) is 71.9 Å². The molecule has 1 amide bonds. The Bertz CT molecular complexity index is 1300. The van der Waals surface area contributed by atoms with Crippen LogP contribution in [0.3, 0.4) is 0 Å². The summed E-state index contributed by atoms with van der Waals surface area (Å²) < 4.78 is 0. The molecule has 0 aromatic heterocycles. The molecule has 0 spiro atoms. The molecule has 0 fully saturated rings. The van der Waals surface area contributed by atoms with Gasteiger partial charge < -0.3 is 0 Å². The summed E-state index contributed by atoms with van der Waals surface area (Å²) in [4.78, 5) is 29.0. The first-order valence-corrected chi connectivity index (χ1v) is 11.5. The molecule has 162 valence electrons. The zero-order chi connectivity index (χ0) is 22.6. The summed E-state index contributed by atoms with van der Waals surface area (Å²) in [6, 6.07) is 20.0. The summed E-state index contributed by atoms with van der Waals surface area (Å²) in [6.07, 6.45) is 1.43. The lowest BCUT2D eigenvalue weighted by Crippen LogP contribution is -2.44. The van der Waals surface area contributed by atoms with Crippen LogP contribution in [0, 0.1) is 12.3 Å². The fourth-order valence-electron chi connectivity index (χ4n) is 5.35. The summed E-state index contributed by atoms with van der Waals surface area (Å²) in [7, 11) is 0. The van der Waals surface area contributed by atoms with Crippen LogP contribution in [0.4, 0.5) is 5.69 Å². The topological polar surface area (TPSA) is 37.4 Å². The third-order valence-electron chi connectivity index (χ3n) is 6.82. The van der Waals surface area contributed by atoms with Crippen molar-refractivity contribution in [3.63, 3.8) is 0 Å². The van der Waals surface area contributed by atoms with Gasteiger partial charge >= 0.3 is 0 Å². The molecule has 32 heavy (non-hydrogen) atoms. The van der Waals surface area contributed by atoms with Crippen molar-refractivity contribution in [3.05, 3.63) is 88.1 Å². The number of amides is 1. The lowest BCUT2D eigenvalue weighted by molar-refractivity contribution is -0.121. The maximum absolute atomic E-state index is 13.7. The van der Waals surface area contributed by atoms with Crippen LogP contribution in [-0.2, 0) is 9.59 Å². The molecular weight excluding hydrogens is 418 g/mol. The second-order valence-electron chi connectivity index (χ2n) is 9.74. The quantitative estimate of drug-likeness (QED) is 0.429. The number of hydrogen-bond acceptors (Lipinski definition) is 2. The van der Waals surface area contributed by atoms with Crippen LogP contribution >= 0.6 is 11.6 Å². The van der Waals surface area contributed by atoms with E-state index in [9.17, 15) is 9.59 Å². The van der Waals surface area contributed by atoms with Crippen molar-refractivity contribution in [2.24, 2.45) is 5.41 Å². The minimum absolute atomic E-state index is 0.0116. The number of Topliss-reactive ketones (excluding diaryl/α,β-unsaturated/α-hetero) is 1. The number of carbonyl (C=O) groups excluding carboxylic acids is 2. The fourth-order valence-corrected chi connectivity index (χ4v) is 5.52. The van der Waals surface area contributed by atoms with Crippen molar-refractivity contribution in [3.8, 4) is 0 Å². The van der Waals surface area contributed by atoms with Gasteiger partial charge in [-0.05, 0) is 52.8 Å². The lowest BCUT2D eigenvalue weighted by Gasteiger charge is -2.43. The Kier molecular flexibility index (Phi) is 4.98. The highest BCUT2D eigenvalue weighted by Gasteiger charge is 2.44. The summed E-state index contributed by atoms with van der Waals surface area (Å²) in [5.74, 6) is -0.0770. The zero-order valence-electron chi connectivity index (χ0n) is 18.6. The number of rotatable bonds is 2. The van der Waals surface area contributed by atoms with Crippen molar-refractivity contribution in [1.82, 2.24) is 0 Å². The highest BCUT2D eigenvalue weighted by molar-refractivity contribution is 6.31. The summed E-state index contributed by atoms with van der Waals surface area (Å²) in [5.41, 5.74) is 4.11. The number of benzene rings is 3. The van der Waals surface area contributed by atoms with Crippen LogP contribution in [0.2, 0.25) is 5.02 Å². The second-order valence-corrected chi connectivity index (χ2v) is 10.1. The number of carbonyl (C=O) groups is 2. The van der Waals surface area contributed by atoms with Crippen molar-refractivity contribution < 1.29 is 9.59 Å². The Hall–Kier alpha value is -2.91. The first-order chi connectivity index (χ1) is 15.3. The van der Waals surface area contributed by atoms with Crippen LogP contribution in [-0.4, -0.2) is 11.7 Å². The smallest absolute Gasteiger partial charge is 0.232 e. The van der Waals surface area contributed by atoms with E-state index in [0.717, 1.165) is 38.9 Å². The van der Waals surface area contributed by atoms with Gasteiger partial charge in [-0.2, -0.15) is 0 Å². The Morgan fingerprint density at radius 1 is 0.938 bits per heavy atom. The average Bonchev–Trinajstić information content (AvgIpc) is 2.74. The molecule has 1 unspecified atom stereocenters. The maximum Gasteiger partial charge on any atom is 0.232 e. The fraction of sp³-hybridized carbons (Fsp3) is 0.286. The van der Waals surface area contributed by atoms with Crippen LogP contribution in [0.1, 0.15) is 50.2 Å². The molecule has 2 aliphatic rings. The van der Waals surface area contributed by atoms with E-state index in [0.29, 0.717) is 17.9 Å². The predicted octanol–water partition coefficient (Wildman–Crippen LogP) is 6.97. The van der Waals surface area contributed by atoms with Crippen molar-refractivity contribution in [2.45, 2.75) is 46.0 Å². The summed E-state index contributed by atoms with van der Waals surface area (Å²) >= 11 is 6.41. The monoisotopic (exact) mass is 443 g/mol. The van der Waals surface area contributed by atoms with E-state index in [1.807, 2.05) is 43.3 Å². The van der Waals surface area contributed by atoms with Gasteiger partial charge in [0, 0.05) is 35.1 Å². The first kappa shape index (κ1) is 21.0. The van der Waals surface area contributed by atoms with Gasteiger partial charge in [0.2, 0.25) is 5.91 Å². The number of ketones is 1. The average molecular weight is 444 g/mol. The van der Waals surface area contributed by atoms with Gasteiger partial charge in [0.15, 0.2) is 5.78 Å². The van der Waals surface area contributed by atoms with E-state index in [2.05, 4.69) is 38.1 Å². The molecule has 0 N–H and O–H groups in total. The molecule has 5 rings (SSSR count). The third kappa shape index (κ3) is 3.36. The molecule has 3 aromatic carbocycles. The molecular formula is C28H26ClNO2. The van der Waals surface area contributed by atoms with Crippen molar-refractivity contribution >= 4 is 39.8 Å². The number of anilines is 1. The zero-order valence-corrected chi connectivity index (χ0v) is 19.4. The lowest BCUT2D eigenvalue weighted by atomic mass is 9.68. The number of fused-ring (bicyclic) bond motifs is 1. The standard InChI is InChI=1S/C28H26ClNO2/c1-17-22(29)12-7-13-23(17)30-24-15-28(2,3)16-25(31)27(24)21(14-26(30)32)20-11-6-9-18-8-4-5-10-19(18)20/h4-13,21H,14-16H2,1-3H3. The Labute approximate surface area is 193 Å². The molecule has 0 saturated heterocycles. The number of hydrogen-bond donors (Lipinski definition) is 0. The largest absolute Gasteiger partial charge is 0.294 e. The molecule has 0 saturated carbocycles. The molecule has 3 aromatic rings. The van der Waals surface area contributed by atoms with Gasteiger partial charge in [0.1, 0.15) is 0 Å². The van der Waals surface area contributed by atoms with E-state index in [-0.39, 0.29) is 29.4 Å². The minimum Gasteiger partial charge on any atom is -0.294 e. The number of allylic oxidation sites excluding steroid dienone is 2. The molecule has 1 atom stereocenters. The van der Waals surface area contributed by atoms with Gasteiger partial charge in [-0.15, -0.1) is 0 Å². The number of nitrogens with zero attached hydrogens (tertiary/aromatic N) is 1. The van der Waals surface area contributed by atoms with E-state index < -0.39 is 0 Å². The first-order valence-electron chi connectivity index (χ1n) is 11.1. The molecule has 0 bridgehead atoms. The highest BCUT2D eigenvalue weighted by Crippen LogP contribution is 2.49. The van der Waals surface area contributed by atoms with E-state index in [1.165, 1.54) is 0 Å². The highest BCUT2D eigenvalue weighted by atomic mass is 35.5. The summed E-state index contributed by atoms with van der Waals surface area (Å²) in [6.45, 7) is 6.13. The van der Waals surface area contributed by atoms with Crippen molar-refractivity contribution in [2.75, 3.05) is 4.90 Å². The van der Waals surface area contributed by atoms with Crippen LogP contribution < -0.4 is 4.90 Å². The third-order valence-corrected chi connectivity index (χ3v) is 7.23. The summed E-state index contributed by atoms with van der Waals surface area (Å²) in [5, 5.41) is 2.84. The molecule has 1 aliphatic carbocycles. The SMILES string of the molecule is Cc1c(Cl)cccc1N1C(=O)CC(c2cccc3ccccc23)C2=C1CC(C)(C)CC2=O. The van der Waals surface area contributed by atoms with Gasteiger partial charge in [-0.25, -0.2) is 0 Å². The molecule has 1 aliphatic heterocycles. The molecule has 0 radical (unpaired) electrons. The van der Waals surface area contributed by atoms with E-state index in [1.54, 1.807) is 4.90 Å². The number of halogens is 1. The molecule has 3 nitrogen and oxygen atoms in total. The van der Waals surface area contributed by atoms with Crippen molar-refractivity contribution in [1.29, 1.82) is 0 Å². The molecule has 4 heteroatoms. The Balaban J connectivity index is 1.76. The van der Waals surface area contributed by atoms with Gasteiger partial charge in [0.05, 0.1) is 5.69 Å². The van der Waals surface area contributed by atoms with E-state index in [4.69, 9.17) is 11.6 Å². The van der Waals surface area contributed by atoms with Crippen LogP contribution in [0.25, 0.3) is 10.8 Å². The Morgan fingerprint density at radius 2 is 1.66 bits per heavy atom. The normalized spacial score (nSPS) is 20.6. The van der Waals surface area contributed by atoms with Gasteiger partial charge in [-0.1, -0.05) is 74.0 Å². The minimum atomic E-state index is -0.233. The van der Waals surface area contributed by atoms with Gasteiger partial charge in [-0.3, -0.25) is 14.5 Å². The van der Waals surface area contributed by atoms with E-state index >= 15 is 0 Å². The maximum atomic E-state index is 13.7. The van der Waals surface area contributed by atoms with Crippen LogP contribution in [0.5, 0.6) is 0 Å². The Morgan fingerprint density at radius 3 is 2.47 bits per heavy atom. The molecule has 1 heterocycles. The second kappa shape index (κ2) is 7.60.